The highest BCUT2D eigenvalue weighted by molar-refractivity contribution is 6.36. The Morgan fingerprint density at radius 2 is 1.50 bits per heavy atom. The smallest absolute Gasteiger partial charge is 0.278 e. The van der Waals surface area contributed by atoms with Crippen molar-refractivity contribution in [1.82, 2.24) is 4.90 Å². The number of carbonyl (C=O) groups excluding carboxylic acids is 3. The molecule has 1 aliphatic rings. The number of benzene rings is 2. The van der Waals surface area contributed by atoms with Crippen molar-refractivity contribution in [2.45, 2.75) is 46.8 Å². The summed E-state index contributed by atoms with van der Waals surface area (Å²) in [5.74, 6) is -0.292. The Bertz CT molecular complexity index is 1070. The molecule has 2 N–H and O–H groups in total. The van der Waals surface area contributed by atoms with E-state index in [0.29, 0.717) is 22.7 Å². The van der Waals surface area contributed by atoms with E-state index in [4.69, 9.17) is 9.47 Å². The van der Waals surface area contributed by atoms with Gasteiger partial charge in [0.15, 0.2) is 0 Å². The molecule has 0 bridgehead atoms. The zero-order valence-corrected chi connectivity index (χ0v) is 20.2. The van der Waals surface area contributed by atoms with Crippen molar-refractivity contribution in [2.75, 3.05) is 23.8 Å². The minimum atomic E-state index is -0.416. The number of amides is 3. The van der Waals surface area contributed by atoms with Crippen molar-refractivity contribution in [2.24, 2.45) is 0 Å². The highest BCUT2D eigenvalue weighted by atomic mass is 16.5. The summed E-state index contributed by atoms with van der Waals surface area (Å²) in [5, 5.41) is 5.83. The van der Waals surface area contributed by atoms with Crippen LogP contribution in [0.3, 0.4) is 0 Å². The number of nitrogens with zero attached hydrogens (tertiary/aromatic N) is 1. The Balaban J connectivity index is 1.91. The van der Waals surface area contributed by atoms with Crippen molar-refractivity contribution in [1.29, 1.82) is 0 Å². The number of rotatable bonds is 10. The Morgan fingerprint density at radius 3 is 2.06 bits per heavy atom. The molecule has 3 amide bonds. The number of carbonyl (C=O) groups is 3. The van der Waals surface area contributed by atoms with Crippen LogP contribution in [0.15, 0.2) is 54.2 Å². The van der Waals surface area contributed by atoms with Gasteiger partial charge in [-0.15, -0.1) is 0 Å². The Morgan fingerprint density at radius 1 is 0.882 bits per heavy atom. The summed E-state index contributed by atoms with van der Waals surface area (Å²) in [4.78, 5) is 39.1. The van der Waals surface area contributed by atoms with Gasteiger partial charge in [0.2, 0.25) is 5.91 Å². The van der Waals surface area contributed by atoms with Gasteiger partial charge in [-0.05, 0) is 69.7 Å². The van der Waals surface area contributed by atoms with E-state index in [2.05, 4.69) is 10.6 Å². The predicted molar refractivity (Wildman–Crippen MR) is 131 cm³/mol. The van der Waals surface area contributed by atoms with Gasteiger partial charge in [0, 0.05) is 18.3 Å². The SMILES string of the molecule is CC(=O)Nc1ccc(C2=C(Nc3ccc(OC(C)C)cc3)C(=O)N(CCOC(C)C)C2=O)cc1. The van der Waals surface area contributed by atoms with Crippen LogP contribution in [0.1, 0.15) is 40.2 Å². The van der Waals surface area contributed by atoms with Gasteiger partial charge >= 0.3 is 0 Å². The molecule has 0 radical (unpaired) electrons. The number of imide groups is 1. The number of anilines is 2. The number of nitrogens with one attached hydrogen (secondary N) is 2. The summed E-state index contributed by atoms with van der Waals surface area (Å²) in [6.07, 6.45) is 0.0370. The van der Waals surface area contributed by atoms with Gasteiger partial charge in [-0.2, -0.15) is 0 Å². The summed E-state index contributed by atoms with van der Waals surface area (Å²) < 4.78 is 11.2. The molecule has 1 heterocycles. The molecule has 2 aromatic rings. The third-order valence-corrected chi connectivity index (χ3v) is 4.92. The van der Waals surface area contributed by atoms with Crippen molar-refractivity contribution in [3.63, 3.8) is 0 Å². The molecule has 0 unspecified atom stereocenters. The van der Waals surface area contributed by atoms with E-state index in [9.17, 15) is 14.4 Å². The average molecular weight is 466 g/mol. The minimum Gasteiger partial charge on any atom is -0.491 e. The summed E-state index contributed by atoms with van der Waals surface area (Å²) in [6.45, 7) is 9.50. The molecule has 3 rings (SSSR count). The van der Waals surface area contributed by atoms with E-state index >= 15 is 0 Å². The third-order valence-electron chi connectivity index (χ3n) is 4.92. The Hall–Kier alpha value is -3.65. The molecule has 0 atom stereocenters. The van der Waals surface area contributed by atoms with Crippen LogP contribution in [0, 0.1) is 0 Å². The molecule has 0 aliphatic carbocycles. The third kappa shape index (κ3) is 6.23. The second-order valence-corrected chi connectivity index (χ2v) is 8.51. The van der Waals surface area contributed by atoms with Gasteiger partial charge in [-0.3, -0.25) is 19.3 Å². The van der Waals surface area contributed by atoms with E-state index in [1.54, 1.807) is 48.5 Å². The molecule has 0 spiro atoms. The van der Waals surface area contributed by atoms with Crippen molar-refractivity contribution in [3.8, 4) is 5.75 Å². The van der Waals surface area contributed by atoms with Crippen LogP contribution in [-0.2, 0) is 19.1 Å². The second-order valence-electron chi connectivity index (χ2n) is 8.51. The van der Waals surface area contributed by atoms with Gasteiger partial charge in [0.25, 0.3) is 11.8 Å². The van der Waals surface area contributed by atoms with Crippen LogP contribution < -0.4 is 15.4 Å². The molecule has 0 aromatic heterocycles. The first kappa shape index (κ1) is 25.0. The van der Waals surface area contributed by atoms with E-state index in [1.807, 2.05) is 27.7 Å². The maximum absolute atomic E-state index is 13.3. The molecule has 0 fully saturated rings. The summed E-state index contributed by atoms with van der Waals surface area (Å²) in [6, 6.07) is 14.0. The lowest BCUT2D eigenvalue weighted by atomic mass is 10.0. The molecule has 0 saturated carbocycles. The molecule has 180 valence electrons. The van der Waals surface area contributed by atoms with Crippen molar-refractivity contribution in [3.05, 3.63) is 59.8 Å². The molecular weight excluding hydrogens is 434 g/mol. The molecular formula is C26H31N3O5. The monoisotopic (exact) mass is 465 g/mol. The molecule has 1 aliphatic heterocycles. The van der Waals surface area contributed by atoms with Crippen LogP contribution in [0.2, 0.25) is 0 Å². The Labute approximate surface area is 199 Å². The lowest BCUT2D eigenvalue weighted by molar-refractivity contribution is -0.138. The number of hydrogen-bond donors (Lipinski definition) is 2. The van der Waals surface area contributed by atoms with Gasteiger partial charge in [0.05, 0.1) is 30.9 Å². The van der Waals surface area contributed by atoms with Crippen LogP contribution in [0.5, 0.6) is 5.75 Å². The first-order valence-electron chi connectivity index (χ1n) is 11.3. The fraction of sp³-hybridized carbons (Fsp3) is 0.346. The van der Waals surface area contributed by atoms with Gasteiger partial charge in [-0.25, -0.2) is 0 Å². The molecule has 2 aromatic carbocycles. The molecule has 8 nitrogen and oxygen atoms in total. The van der Waals surface area contributed by atoms with Gasteiger partial charge in [0.1, 0.15) is 11.4 Å². The minimum absolute atomic E-state index is 0.00859. The fourth-order valence-electron chi connectivity index (χ4n) is 3.50. The molecule has 8 heteroatoms. The zero-order valence-electron chi connectivity index (χ0n) is 20.2. The lowest BCUT2D eigenvalue weighted by Gasteiger charge is -2.16. The van der Waals surface area contributed by atoms with Crippen molar-refractivity contribution >= 4 is 34.7 Å². The normalized spacial score (nSPS) is 13.8. The van der Waals surface area contributed by atoms with Crippen LogP contribution in [0.25, 0.3) is 5.57 Å². The van der Waals surface area contributed by atoms with E-state index in [-0.39, 0.29) is 42.5 Å². The maximum atomic E-state index is 13.3. The maximum Gasteiger partial charge on any atom is 0.278 e. The fourth-order valence-corrected chi connectivity index (χ4v) is 3.50. The molecule has 0 saturated heterocycles. The standard InChI is InChI=1S/C26H31N3O5/c1-16(2)33-15-14-29-25(31)23(19-6-8-20(9-7-19)27-18(5)30)24(26(29)32)28-21-10-12-22(13-11-21)34-17(3)4/h6-13,16-17,28H,14-15H2,1-5H3,(H,27,30). The average Bonchev–Trinajstić information content (AvgIpc) is 2.99. The highest BCUT2D eigenvalue weighted by Gasteiger charge is 2.39. The van der Waals surface area contributed by atoms with Crippen molar-refractivity contribution < 1.29 is 23.9 Å². The number of hydrogen-bond acceptors (Lipinski definition) is 6. The summed E-state index contributed by atoms with van der Waals surface area (Å²) in [7, 11) is 0. The zero-order chi connectivity index (χ0) is 24.8. The number of ether oxygens (including phenoxy) is 2. The topological polar surface area (TPSA) is 97.0 Å². The van der Waals surface area contributed by atoms with E-state index < -0.39 is 11.8 Å². The van der Waals surface area contributed by atoms with Crippen LogP contribution in [0.4, 0.5) is 11.4 Å². The van der Waals surface area contributed by atoms with E-state index in [0.717, 1.165) is 0 Å². The quantitative estimate of drug-likeness (QED) is 0.514. The first-order valence-corrected chi connectivity index (χ1v) is 11.3. The summed E-state index contributed by atoms with van der Waals surface area (Å²) in [5.41, 5.74) is 2.29. The highest BCUT2D eigenvalue weighted by Crippen LogP contribution is 2.31. The van der Waals surface area contributed by atoms with Crippen LogP contribution in [-0.4, -0.2) is 48.0 Å². The van der Waals surface area contributed by atoms with Gasteiger partial charge < -0.3 is 20.1 Å². The second kappa shape index (κ2) is 11.0. The summed E-state index contributed by atoms with van der Waals surface area (Å²) >= 11 is 0. The predicted octanol–water partition coefficient (Wildman–Crippen LogP) is 4.05. The van der Waals surface area contributed by atoms with Crippen LogP contribution >= 0.6 is 0 Å². The first-order chi connectivity index (χ1) is 16.2. The molecule has 34 heavy (non-hydrogen) atoms. The lowest BCUT2D eigenvalue weighted by Crippen LogP contribution is -2.35. The van der Waals surface area contributed by atoms with E-state index in [1.165, 1.54) is 11.8 Å². The largest absolute Gasteiger partial charge is 0.491 e. The van der Waals surface area contributed by atoms with Gasteiger partial charge in [-0.1, -0.05) is 12.1 Å². The Kier molecular flexibility index (Phi) is 8.07.